The Kier molecular flexibility index (Phi) is 3.02. The number of hydrogen-bond donors (Lipinski definition) is 1. The molecule has 0 saturated heterocycles. The average Bonchev–Trinajstić information content (AvgIpc) is 2.49. The lowest BCUT2D eigenvalue weighted by atomic mass is 10.1. The number of pyridine rings is 1. The maximum atomic E-state index is 13.8. The Morgan fingerprint density at radius 1 is 1.15 bits per heavy atom. The van der Waals surface area contributed by atoms with Gasteiger partial charge in [0.25, 0.3) is 0 Å². The molecule has 20 heavy (non-hydrogen) atoms. The maximum absolute atomic E-state index is 13.8. The molecule has 0 bridgehead atoms. The van der Waals surface area contributed by atoms with Crippen molar-refractivity contribution in [3.8, 4) is 11.4 Å². The highest BCUT2D eigenvalue weighted by Crippen LogP contribution is 2.23. The molecule has 0 saturated carbocycles. The number of hydrogen-bond acceptors (Lipinski definition) is 4. The summed E-state index contributed by atoms with van der Waals surface area (Å²) in [5, 5.41) is 3.75. The average molecular weight is 268 g/mol. The topological polar surface area (TPSA) is 50.7 Å². The van der Waals surface area contributed by atoms with E-state index in [1.54, 1.807) is 20.2 Å². The summed E-state index contributed by atoms with van der Waals surface area (Å²) in [7, 11) is 1.64. The van der Waals surface area contributed by atoms with Crippen molar-refractivity contribution in [2.24, 2.45) is 0 Å². The summed E-state index contributed by atoms with van der Waals surface area (Å²) in [6.45, 7) is 1.63. The van der Waals surface area contributed by atoms with Crippen LogP contribution in [0.25, 0.3) is 22.3 Å². The summed E-state index contributed by atoms with van der Waals surface area (Å²) in [5.41, 5.74) is 2.07. The second kappa shape index (κ2) is 4.85. The zero-order valence-corrected chi connectivity index (χ0v) is 11.2. The van der Waals surface area contributed by atoms with E-state index in [4.69, 9.17) is 0 Å². The van der Waals surface area contributed by atoms with Crippen LogP contribution in [0.2, 0.25) is 0 Å². The highest BCUT2D eigenvalue weighted by atomic mass is 19.1. The van der Waals surface area contributed by atoms with Gasteiger partial charge in [-0.1, -0.05) is 6.07 Å². The van der Waals surface area contributed by atoms with E-state index in [1.807, 2.05) is 30.3 Å². The Labute approximate surface area is 115 Å². The smallest absolute Gasteiger partial charge is 0.186 e. The van der Waals surface area contributed by atoms with Crippen LogP contribution in [-0.4, -0.2) is 22.0 Å². The molecule has 4 nitrogen and oxygen atoms in total. The summed E-state index contributed by atoms with van der Waals surface area (Å²) in [6, 6.07) is 9.60. The van der Waals surface area contributed by atoms with Crippen LogP contribution in [0.1, 0.15) is 5.69 Å². The molecule has 2 aromatic heterocycles. The van der Waals surface area contributed by atoms with Gasteiger partial charge < -0.3 is 5.32 Å². The Bertz CT molecular complexity index is 786. The SMILES string of the molecule is CNc1nc(-c2ccc3ncccc3c2)nc(C)c1F. The Morgan fingerprint density at radius 2 is 2.00 bits per heavy atom. The van der Waals surface area contributed by atoms with Gasteiger partial charge in [0.2, 0.25) is 0 Å². The molecule has 100 valence electrons. The van der Waals surface area contributed by atoms with Gasteiger partial charge in [-0.25, -0.2) is 14.4 Å². The molecule has 3 rings (SSSR count). The van der Waals surface area contributed by atoms with E-state index in [1.165, 1.54) is 0 Å². The van der Waals surface area contributed by atoms with E-state index in [0.717, 1.165) is 16.5 Å². The number of nitrogens with one attached hydrogen (secondary N) is 1. The van der Waals surface area contributed by atoms with Gasteiger partial charge in [-0.15, -0.1) is 0 Å². The maximum Gasteiger partial charge on any atom is 0.186 e. The number of aromatic nitrogens is 3. The third-order valence-electron chi connectivity index (χ3n) is 3.11. The first-order valence-electron chi connectivity index (χ1n) is 6.26. The summed E-state index contributed by atoms with van der Waals surface area (Å²) < 4.78 is 13.8. The van der Waals surface area contributed by atoms with E-state index in [2.05, 4.69) is 20.3 Å². The number of rotatable bonds is 2. The summed E-state index contributed by atoms with van der Waals surface area (Å²) >= 11 is 0. The predicted octanol–water partition coefficient (Wildman–Crippen LogP) is 3.18. The zero-order chi connectivity index (χ0) is 14.1. The molecule has 1 aromatic carbocycles. The highest BCUT2D eigenvalue weighted by Gasteiger charge is 2.11. The van der Waals surface area contributed by atoms with E-state index in [0.29, 0.717) is 11.5 Å². The van der Waals surface area contributed by atoms with Crippen LogP contribution in [0.15, 0.2) is 36.5 Å². The Balaban J connectivity index is 2.17. The normalized spacial score (nSPS) is 10.8. The van der Waals surface area contributed by atoms with Gasteiger partial charge in [-0.05, 0) is 31.2 Å². The van der Waals surface area contributed by atoms with Gasteiger partial charge in [0, 0.05) is 24.2 Å². The zero-order valence-electron chi connectivity index (χ0n) is 11.2. The fraction of sp³-hybridized carbons (Fsp3) is 0.133. The number of aryl methyl sites for hydroxylation is 1. The van der Waals surface area contributed by atoms with Crippen molar-refractivity contribution in [1.29, 1.82) is 0 Å². The number of benzene rings is 1. The Hall–Kier alpha value is -2.56. The third kappa shape index (κ3) is 2.07. The molecule has 0 fully saturated rings. The van der Waals surface area contributed by atoms with Crippen molar-refractivity contribution >= 4 is 16.7 Å². The molecule has 0 radical (unpaired) electrons. The predicted molar refractivity (Wildman–Crippen MR) is 77.0 cm³/mol. The number of anilines is 1. The second-order valence-corrected chi connectivity index (χ2v) is 4.46. The second-order valence-electron chi connectivity index (χ2n) is 4.46. The van der Waals surface area contributed by atoms with E-state index in [9.17, 15) is 4.39 Å². The molecule has 0 unspecified atom stereocenters. The first kappa shape index (κ1) is 12.5. The van der Waals surface area contributed by atoms with Gasteiger partial charge in [0.1, 0.15) is 0 Å². The molecule has 0 aliphatic heterocycles. The monoisotopic (exact) mass is 268 g/mol. The van der Waals surface area contributed by atoms with E-state index in [-0.39, 0.29) is 5.82 Å². The van der Waals surface area contributed by atoms with Crippen LogP contribution in [0.4, 0.5) is 10.2 Å². The summed E-state index contributed by atoms with van der Waals surface area (Å²) in [6.07, 6.45) is 1.75. The molecule has 0 spiro atoms. The lowest BCUT2D eigenvalue weighted by Gasteiger charge is -2.08. The third-order valence-corrected chi connectivity index (χ3v) is 3.11. The highest BCUT2D eigenvalue weighted by molar-refractivity contribution is 5.83. The van der Waals surface area contributed by atoms with E-state index >= 15 is 0 Å². The van der Waals surface area contributed by atoms with Crippen molar-refractivity contribution in [2.45, 2.75) is 6.92 Å². The first-order valence-corrected chi connectivity index (χ1v) is 6.26. The van der Waals surface area contributed by atoms with Gasteiger partial charge >= 0.3 is 0 Å². The van der Waals surface area contributed by atoms with Crippen LogP contribution in [0.3, 0.4) is 0 Å². The molecule has 2 heterocycles. The summed E-state index contributed by atoms with van der Waals surface area (Å²) in [4.78, 5) is 12.7. The van der Waals surface area contributed by atoms with Gasteiger partial charge in [0.05, 0.1) is 11.2 Å². The lowest BCUT2D eigenvalue weighted by molar-refractivity contribution is 0.607. The van der Waals surface area contributed by atoms with E-state index < -0.39 is 5.82 Å². The van der Waals surface area contributed by atoms with Crippen molar-refractivity contribution in [2.75, 3.05) is 12.4 Å². The van der Waals surface area contributed by atoms with Gasteiger partial charge in [0.15, 0.2) is 17.5 Å². The van der Waals surface area contributed by atoms with Crippen molar-refractivity contribution in [1.82, 2.24) is 15.0 Å². The van der Waals surface area contributed by atoms with Crippen LogP contribution in [-0.2, 0) is 0 Å². The summed E-state index contributed by atoms with van der Waals surface area (Å²) in [5.74, 6) is 0.288. The van der Waals surface area contributed by atoms with Crippen molar-refractivity contribution in [3.63, 3.8) is 0 Å². The molecule has 5 heteroatoms. The molecule has 0 aliphatic rings. The number of nitrogens with zero attached hydrogens (tertiary/aromatic N) is 3. The van der Waals surface area contributed by atoms with Crippen LogP contribution in [0, 0.1) is 12.7 Å². The van der Waals surface area contributed by atoms with Crippen LogP contribution in [0.5, 0.6) is 0 Å². The molecule has 0 atom stereocenters. The van der Waals surface area contributed by atoms with Crippen LogP contribution < -0.4 is 5.32 Å². The fourth-order valence-electron chi connectivity index (χ4n) is 2.07. The molecule has 0 amide bonds. The molecule has 1 N–H and O–H groups in total. The quantitative estimate of drug-likeness (QED) is 0.775. The van der Waals surface area contributed by atoms with Crippen molar-refractivity contribution in [3.05, 3.63) is 48.0 Å². The standard InChI is InChI=1S/C15H13FN4/c1-9-13(16)15(17-2)20-14(19-9)11-5-6-12-10(8-11)4-3-7-18-12/h3-8H,1-2H3,(H,17,19,20). The molecular weight excluding hydrogens is 255 g/mol. The molecule has 0 aliphatic carbocycles. The number of halogens is 1. The molecular formula is C15H13FN4. The van der Waals surface area contributed by atoms with Gasteiger partial charge in [-0.2, -0.15) is 0 Å². The first-order chi connectivity index (χ1) is 9.69. The largest absolute Gasteiger partial charge is 0.371 e. The van der Waals surface area contributed by atoms with Gasteiger partial charge in [-0.3, -0.25) is 4.98 Å². The lowest BCUT2D eigenvalue weighted by Crippen LogP contribution is -2.03. The van der Waals surface area contributed by atoms with Crippen molar-refractivity contribution < 1.29 is 4.39 Å². The minimum absolute atomic E-state index is 0.207. The Morgan fingerprint density at radius 3 is 2.80 bits per heavy atom. The number of fused-ring (bicyclic) bond motifs is 1. The van der Waals surface area contributed by atoms with Crippen LogP contribution >= 0.6 is 0 Å². The molecule has 3 aromatic rings. The minimum Gasteiger partial charge on any atom is -0.371 e. The fourth-order valence-corrected chi connectivity index (χ4v) is 2.07. The minimum atomic E-state index is -0.418.